The number of hydrogen-bond donors (Lipinski definition) is 3. The lowest BCUT2D eigenvalue weighted by Crippen LogP contribution is -2.19. The van der Waals surface area contributed by atoms with Gasteiger partial charge in [0.25, 0.3) is 0 Å². The number of anilines is 2. The third-order valence-corrected chi connectivity index (χ3v) is 9.88. The molecule has 8 aromatic rings. The van der Waals surface area contributed by atoms with Crippen LogP contribution in [0.15, 0.2) is 134 Å². The van der Waals surface area contributed by atoms with Crippen molar-refractivity contribution in [3.63, 3.8) is 0 Å². The largest absolute Gasteiger partial charge is 0.492 e. The van der Waals surface area contributed by atoms with E-state index >= 15 is 0 Å². The maximum absolute atomic E-state index is 13.5. The van der Waals surface area contributed by atoms with Gasteiger partial charge in [-0.15, -0.1) is 10.2 Å². The summed E-state index contributed by atoms with van der Waals surface area (Å²) in [4.78, 5) is 11.0. The van der Waals surface area contributed by atoms with Gasteiger partial charge in [0.2, 0.25) is 0 Å². The summed E-state index contributed by atoms with van der Waals surface area (Å²) in [5.41, 5.74) is 6.98. The van der Waals surface area contributed by atoms with Gasteiger partial charge in [-0.3, -0.25) is 0 Å². The Hall–Kier alpha value is -6.90. The Morgan fingerprint density at radius 1 is 0.607 bits per heavy atom. The van der Waals surface area contributed by atoms with E-state index in [0.29, 0.717) is 24.8 Å². The molecule has 0 spiro atoms. The van der Waals surface area contributed by atoms with Crippen LogP contribution in [0.25, 0.3) is 33.8 Å². The van der Waals surface area contributed by atoms with Gasteiger partial charge in [0.05, 0.1) is 35.9 Å². The van der Waals surface area contributed by atoms with Crippen LogP contribution in [0.1, 0.15) is 37.1 Å². The summed E-state index contributed by atoms with van der Waals surface area (Å²) < 4.78 is 42.1. The van der Waals surface area contributed by atoms with Crippen molar-refractivity contribution >= 4 is 22.9 Å². The molecule has 8 rings (SSSR count). The molecule has 0 amide bonds. The van der Waals surface area contributed by atoms with Gasteiger partial charge < -0.3 is 30.3 Å². The van der Waals surface area contributed by atoms with Crippen molar-refractivity contribution in [2.45, 2.75) is 25.9 Å². The number of rotatable bonds is 16. The summed E-state index contributed by atoms with van der Waals surface area (Å²) in [6.45, 7) is 6.87. The SMILES string of the molecule is CNCCOc1ccc(-c2cnc3ccc(N[C@H](C)c4cccc(F)c4)nn23)cc1.C[C@@H](Nc1ccc2ncc(-c3ccc(OCCN(C)C)cc3)n2n1)c1cccc(F)c1. The average Bonchev–Trinajstić information content (AvgIpc) is 3.89. The molecule has 61 heavy (non-hydrogen) atoms. The summed E-state index contributed by atoms with van der Waals surface area (Å²) in [6, 6.07) is 36.3. The van der Waals surface area contributed by atoms with Gasteiger partial charge in [0.1, 0.15) is 48.0 Å². The van der Waals surface area contributed by atoms with Crippen molar-refractivity contribution in [2.75, 3.05) is 58.1 Å². The van der Waals surface area contributed by atoms with Crippen LogP contribution < -0.4 is 25.4 Å². The monoisotopic (exact) mass is 824 g/mol. The molecule has 4 heterocycles. The van der Waals surface area contributed by atoms with Crippen LogP contribution in [-0.2, 0) is 0 Å². The second-order valence-electron chi connectivity index (χ2n) is 14.8. The van der Waals surface area contributed by atoms with E-state index in [0.717, 1.165) is 69.5 Å². The van der Waals surface area contributed by atoms with Gasteiger partial charge in [0.15, 0.2) is 11.3 Å². The van der Waals surface area contributed by atoms with Crippen LogP contribution in [0, 0.1) is 11.6 Å². The van der Waals surface area contributed by atoms with E-state index in [2.05, 4.69) is 30.8 Å². The highest BCUT2D eigenvalue weighted by atomic mass is 19.1. The molecule has 4 aromatic carbocycles. The fraction of sp³-hybridized carbons (Fsp3) is 0.234. The van der Waals surface area contributed by atoms with E-state index in [9.17, 15) is 8.78 Å². The topological polar surface area (TPSA) is 118 Å². The highest BCUT2D eigenvalue weighted by Crippen LogP contribution is 2.27. The minimum absolute atomic E-state index is 0.0911. The highest BCUT2D eigenvalue weighted by molar-refractivity contribution is 5.65. The summed E-state index contributed by atoms with van der Waals surface area (Å²) in [5, 5.41) is 19.1. The molecule has 0 saturated carbocycles. The summed E-state index contributed by atoms with van der Waals surface area (Å²) >= 11 is 0. The molecule has 3 N–H and O–H groups in total. The van der Waals surface area contributed by atoms with Crippen molar-refractivity contribution < 1.29 is 18.3 Å². The van der Waals surface area contributed by atoms with E-state index in [1.807, 2.05) is 131 Å². The lowest BCUT2D eigenvalue weighted by atomic mass is 10.1. The number of nitrogens with one attached hydrogen (secondary N) is 3. The van der Waals surface area contributed by atoms with Gasteiger partial charge in [0, 0.05) is 24.2 Å². The van der Waals surface area contributed by atoms with Crippen LogP contribution >= 0.6 is 0 Å². The van der Waals surface area contributed by atoms with Crippen LogP contribution in [0.4, 0.5) is 20.4 Å². The Labute approximate surface area is 354 Å². The standard InChI is InChI=1S/C24H26FN5O.C23H24FN5O/c1-17(19-5-4-6-20(25)15-19)27-23-11-12-24-26-16-22(30(24)28-23)18-7-9-21(10-8-18)31-14-13-29(2)3;1-16(18-4-3-5-19(24)14-18)27-22-10-11-23-26-15-21(29(23)28-22)17-6-8-20(9-7-17)30-13-12-25-2/h4-12,15-17H,13-14H2,1-3H3,(H,27,28);3-11,14-16,25H,12-13H2,1-2H3,(H,27,28)/t17-;16-/m11/s1. The molecule has 0 unspecified atom stereocenters. The Bertz CT molecular complexity index is 2650. The van der Waals surface area contributed by atoms with Gasteiger partial charge in [-0.25, -0.2) is 27.8 Å². The maximum atomic E-state index is 13.5. The van der Waals surface area contributed by atoms with Gasteiger partial charge in [-0.05, 0) is 143 Å². The molecular weight excluding hydrogens is 775 g/mol. The number of ether oxygens (including phenoxy) is 2. The third-order valence-electron chi connectivity index (χ3n) is 9.88. The zero-order chi connectivity index (χ0) is 42.7. The first kappa shape index (κ1) is 42.2. The number of hydrogen-bond acceptors (Lipinski definition) is 10. The van der Waals surface area contributed by atoms with Crippen molar-refractivity contribution in [3.8, 4) is 34.0 Å². The van der Waals surface area contributed by atoms with Gasteiger partial charge in [-0.1, -0.05) is 24.3 Å². The predicted octanol–water partition coefficient (Wildman–Crippen LogP) is 8.96. The van der Waals surface area contributed by atoms with Crippen molar-refractivity contribution in [3.05, 3.63) is 156 Å². The Morgan fingerprint density at radius 3 is 1.49 bits per heavy atom. The van der Waals surface area contributed by atoms with Crippen LogP contribution in [-0.4, -0.2) is 81.5 Å². The zero-order valence-corrected chi connectivity index (χ0v) is 34.9. The Kier molecular flexibility index (Phi) is 13.8. The minimum Gasteiger partial charge on any atom is -0.492 e. The molecule has 0 aliphatic carbocycles. The van der Waals surface area contributed by atoms with E-state index < -0.39 is 0 Å². The molecule has 0 aliphatic heterocycles. The number of halogens is 2. The maximum Gasteiger partial charge on any atom is 0.154 e. The molecule has 0 bridgehead atoms. The van der Waals surface area contributed by atoms with Crippen molar-refractivity contribution in [1.82, 2.24) is 39.4 Å². The normalized spacial score (nSPS) is 12.2. The Morgan fingerprint density at radius 2 is 1.07 bits per heavy atom. The third kappa shape index (κ3) is 11.0. The average molecular weight is 825 g/mol. The van der Waals surface area contributed by atoms with Crippen LogP contribution in [0.2, 0.25) is 0 Å². The Balaban J connectivity index is 0.000000184. The predicted molar refractivity (Wildman–Crippen MR) is 237 cm³/mol. The number of fused-ring (bicyclic) bond motifs is 2. The minimum atomic E-state index is -0.250. The molecule has 2 atom stereocenters. The molecule has 0 fully saturated rings. The summed E-state index contributed by atoms with van der Waals surface area (Å²) in [5.74, 6) is 2.53. The molecule has 12 nitrogen and oxygen atoms in total. The molecule has 314 valence electrons. The number of imidazole rings is 2. The number of likely N-dealkylation sites (N-methyl/N-ethyl adjacent to an activating group) is 2. The van der Waals surface area contributed by atoms with Gasteiger partial charge in [-0.2, -0.15) is 0 Å². The van der Waals surface area contributed by atoms with E-state index in [1.165, 1.54) is 24.3 Å². The summed E-state index contributed by atoms with van der Waals surface area (Å²) in [6.07, 6.45) is 3.61. The first-order valence-electron chi connectivity index (χ1n) is 20.1. The van der Waals surface area contributed by atoms with E-state index in [-0.39, 0.29) is 23.7 Å². The smallest absolute Gasteiger partial charge is 0.154 e. The molecule has 0 saturated heterocycles. The van der Waals surface area contributed by atoms with Crippen LogP contribution in [0.5, 0.6) is 11.5 Å². The van der Waals surface area contributed by atoms with Crippen LogP contribution in [0.3, 0.4) is 0 Å². The quantitative estimate of drug-likeness (QED) is 0.0816. The fourth-order valence-corrected chi connectivity index (χ4v) is 6.52. The molecule has 0 radical (unpaired) electrons. The molecule has 0 aliphatic rings. The number of nitrogens with zero attached hydrogens (tertiary/aromatic N) is 7. The second-order valence-corrected chi connectivity index (χ2v) is 14.8. The lowest BCUT2D eigenvalue weighted by Gasteiger charge is -2.15. The van der Waals surface area contributed by atoms with E-state index in [4.69, 9.17) is 19.7 Å². The molecule has 14 heteroatoms. The number of aromatic nitrogens is 6. The number of benzene rings is 4. The second kappa shape index (κ2) is 19.9. The highest BCUT2D eigenvalue weighted by Gasteiger charge is 2.13. The van der Waals surface area contributed by atoms with E-state index in [1.54, 1.807) is 22.8 Å². The summed E-state index contributed by atoms with van der Waals surface area (Å²) in [7, 11) is 5.94. The van der Waals surface area contributed by atoms with Gasteiger partial charge >= 0.3 is 0 Å². The lowest BCUT2D eigenvalue weighted by molar-refractivity contribution is 0.261. The zero-order valence-electron chi connectivity index (χ0n) is 34.9. The first-order chi connectivity index (χ1) is 29.6. The van der Waals surface area contributed by atoms with Crippen molar-refractivity contribution in [1.29, 1.82) is 0 Å². The molecular formula is C47H50F2N10O2. The molecule has 4 aromatic heterocycles. The fourth-order valence-electron chi connectivity index (χ4n) is 6.52. The van der Waals surface area contributed by atoms with Crippen molar-refractivity contribution in [2.24, 2.45) is 0 Å². The first-order valence-corrected chi connectivity index (χ1v) is 20.1.